The summed E-state index contributed by atoms with van der Waals surface area (Å²) < 4.78 is 11.2. The van der Waals surface area contributed by atoms with Gasteiger partial charge in [-0.3, -0.25) is 15.1 Å². The van der Waals surface area contributed by atoms with Gasteiger partial charge in [0.25, 0.3) is 5.69 Å². The number of aromatic nitrogens is 1. The minimum atomic E-state index is -0.447. The van der Waals surface area contributed by atoms with E-state index in [2.05, 4.69) is 10.3 Å². The van der Waals surface area contributed by atoms with Crippen molar-refractivity contribution in [3.63, 3.8) is 0 Å². The molecule has 3 aromatic rings. The van der Waals surface area contributed by atoms with Gasteiger partial charge in [0.1, 0.15) is 24.0 Å². The second-order valence-electron chi connectivity index (χ2n) is 4.98. The first-order valence-corrected chi connectivity index (χ1v) is 7.48. The number of pyridine rings is 1. The Morgan fingerprint density at radius 2 is 1.81 bits per heavy atom. The first-order valence-electron chi connectivity index (χ1n) is 7.48. The van der Waals surface area contributed by atoms with Crippen LogP contribution in [0.2, 0.25) is 0 Å². The van der Waals surface area contributed by atoms with Gasteiger partial charge in [-0.15, -0.1) is 0 Å². The lowest BCUT2D eigenvalue weighted by Gasteiger charge is -2.12. The fourth-order valence-electron chi connectivity index (χ4n) is 2.36. The summed E-state index contributed by atoms with van der Waals surface area (Å²) in [6.07, 6.45) is 1.64. The number of hydrogen-bond donors (Lipinski definition) is 1. The van der Waals surface area contributed by atoms with Crippen LogP contribution in [0, 0.1) is 10.1 Å². The predicted octanol–water partition coefficient (Wildman–Crippen LogP) is 3.80. The Bertz CT molecular complexity index is 913. The molecule has 0 fully saturated rings. The van der Waals surface area contributed by atoms with Gasteiger partial charge in [-0.1, -0.05) is 0 Å². The maximum absolute atomic E-state index is 10.7. The number of nitrogens with zero attached hydrogens (tertiary/aromatic N) is 2. The monoisotopic (exact) mass is 355 g/mol. The molecule has 8 heteroatoms. The number of rotatable bonds is 5. The summed E-state index contributed by atoms with van der Waals surface area (Å²) in [5, 5.41) is 14.6. The summed E-state index contributed by atoms with van der Waals surface area (Å²) in [7, 11) is 3.40. The molecule has 1 heterocycles. The van der Waals surface area contributed by atoms with Gasteiger partial charge in [-0.25, -0.2) is 0 Å². The largest absolute Gasteiger partial charge is 0.495 e. The Balaban J connectivity index is 0.00000117. The molecular weight excluding hydrogens is 338 g/mol. The van der Waals surface area contributed by atoms with Crippen LogP contribution in [0.25, 0.3) is 10.9 Å². The van der Waals surface area contributed by atoms with Crippen molar-refractivity contribution >= 4 is 29.1 Å². The average molecular weight is 355 g/mol. The average Bonchev–Trinajstić information content (AvgIpc) is 2.69. The number of nitro benzene ring substituents is 1. The smallest absolute Gasteiger partial charge is 0.269 e. The van der Waals surface area contributed by atoms with E-state index in [0.717, 1.165) is 16.6 Å². The van der Waals surface area contributed by atoms with E-state index >= 15 is 0 Å². The normalized spacial score (nSPS) is 9.77. The molecule has 134 valence electrons. The number of nitro groups is 1. The standard InChI is InChI=1S/C17H15N3O4.CH2O/c1-18-15-9-13-14(10-17(15)23-2)19-8-7-16(13)24-12-5-3-11(4-6-12)20(21)22;1-2/h3-10,18H,1-2H3;1H2. The molecule has 0 atom stereocenters. The molecule has 0 aliphatic heterocycles. The number of carbonyl (C=O) groups excluding carboxylic acids is 1. The third kappa shape index (κ3) is 3.86. The quantitative estimate of drug-likeness (QED) is 0.548. The Morgan fingerprint density at radius 1 is 1.12 bits per heavy atom. The van der Waals surface area contributed by atoms with Crippen molar-refractivity contribution in [2.45, 2.75) is 0 Å². The van der Waals surface area contributed by atoms with Gasteiger partial charge in [0.05, 0.1) is 23.2 Å². The number of benzene rings is 2. The van der Waals surface area contributed by atoms with Crippen molar-refractivity contribution in [3.05, 3.63) is 58.8 Å². The number of ether oxygens (including phenoxy) is 2. The highest BCUT2D eigenvalue weighted by atomic mass is 16.6. The van der Waals surface area contributed by atoms with Crippen LogP contribution in [-0.4, -0.2) is 30.9 Å². The molecule has 1 aromatic heterocycles. The number of fused-ring (bicyclic) bond motifs is 1. The fourth-order valence-corrected chi connectivity index (χ4v) is 2.36. The molecule has 0 saturated heterocycles. The Morgan fingerprint density at radius 3 is 2.38 bits per heavy atom. The molecule has 0 aliphatic rings. The van der Waals surface area contributed by atoms with Crippen molar-refractivity contribution in [2.24, 2.45) is 0 Å². The maximum atomic E-state index is 10.7. The van der Waals surface area contributed by atoms with Crippen LogP contribution in [0.1, 0.15) is 0 Å². The van der Waals surface area contributed by atoms with Gasteiger partial charge in [-0.2, -0.15) is 0 Å². The molecule has 0 radical (unpaired) electrons. The topological polar surface area (TPSA) is 104 Å². The number of anilines is 1. The van der Waals surface area contributed by atoms with Crippen molar-refractivity contribution in [2.75, 3.05) is 19.5 Å². The van der Waals surface area contributed by atoms with E-state index in [-0.39, 0.29) is 5.69 Å². The molecule has 26 heavy (non-hydrogen) atoms. The van der Waals surface area contributed by atoms with Crippen molar-refractivity contribution in [1.29, 1.82) is 0 Å². The molecule has 0 spiro atoms. The molecule has 3 rings (SSSR count). The van der Waals surface area contributed by atoms with E-state index in [9.17, 15) is 10.1 Å². The SMILES string of the molecule is C=O.CNc1cc2c(Oc3ccc([N+](=O)[O-])cc3)ccnc2cc1OC. The number of carbonyl (C=O) groups is 1. The molecule has 2 aromatic carbocycles. The Kier molecular flexibility index (Phi) is 6.05. The van der Waals surface area contributed by atoms with E-state index < -0.39 is 4.92 Å². The molecule has 0 bridgehead atoms. The first kappa shape index (κ1) is 18.7. The first-order chi connectivity index (χ1) is 12.6. The summed E-state index contributed by atoms with van der Waals surface area (Å²) in [5.74, 6) is 1.80. The summed E-state index contributed by atoms with van der Waals surface area (Å²) in [6, 6.07) is 11.4. The zero-order valence-corrected chi connectivity index (χ0v) is 14.3. The summed E-state index contributed by atoms with van der Waals surface area (Å²) >= 11 is 0. The van der Waals surface area contributed by atoms with Gasteiger partial charge in [0.2, 0.25) is 0 Å². The van der Waals surface area contributed by atoms with E-state index in [4.69, 9.17) is 14.3 Å². The van der Waals surface area contributed by atoms with Crippen LogP contribution in [0.15, 0.2) is 48.7 Å². The van der Waals surface area contributed by atoms with Crippen LogP contribution in [0.4, 0.5) is 11.4 Å². The third-order valence-corrected chi connectivity index (χ3v) is 3.57. The number of methoxy groups -OCH3 is 1. The van der Waals surface area contributed by atoms with Gasteiger partial charge < -0.3 is 19.6 Å². The van der Waals surface area contributed by atoms with E-state index in [1.54, 1.807) is 38.6 Å². The van der Waals surface area contributed by atoms with Crippen molar-refractivity contribution < 1.29 is 19.2 Å². The van der Waals surface area contributed by atoms with Crippen LogP contribution < -0.4 is 14.8 Å². The molecule has 0 unspecified atom stereocenters. The molecule has 1 N–H and O–H groups in total. The van der Waals surface area contributed by atoms with E-state index in [1.165, 1.54) is 12.1 Å². The zero-order valence-electron chi connectivity index (χ0n) is 14.3. The summed E-state index contributed by atoms with van der Waals surface area (Å²) in [6.45, 7) is 2.00. The van der Waals surface area contributed by atoms with Crippen LogP contribution in [-0.2, 0) is 4.79 Å². The summed E-state index contributed by atoms with van der Waals surface area (Å²) in [5.41, 5.74) is 1.56. The Labute approximate surface area is 149 Å². The second-order valence-corrected chi connectivity index (χ2v) is 4.98. The van der Waals surface area contributed by atoms with E-state index in [0.29, 0.717) is 17.2 Å². The van der Waals surface area contributed by atoms with Crippen LogP contribution >= 0.6 is 0 Å². The lowest BCUT2D eigenvalue weighted by Crippen LogP contribution is -1.95. The van der Waals surface area contributed by atoms with E-state index in [1.807, 2.05) is 18.9 Å². The molecule has 0 amide bonds. The molecule has 8 nitrogen and oxygen atoms in total. The minimum Gasteiger partial charge on any atom is -0.495 e. The molecule has 0 aliphatic carbocycles. The van der Waals surface area contributed by atoms with Crippen molar-refractivity contribution in [3.8, 4) is 17.2 Å². The molecular formula is C18H17N3O5. The van der Waals surface area contributed by atoms with Gasteiger partial charge in [0, 0.05) is 36.8 Å². The second kappa shape index (κ2) is 8.43. The Hall–Kier alpha value is -3.68. The number of non-ortho nitro benzene ring substituents is 1. The van der Waals surface area contributed by atoms with Gasteiger partial charge in [0.15, 0.2) is 0 Å². The maximum Gasteiger partial charge on any atom is 0.269 e. The number of hydrogen-bond acceptors (Lipinski definition) is 7. The van der Waals surface area contributed by atoms with Gasteiger partial charge in [-0.05, 0) is 24.3 Å². The number of nitrogens with one attached hydrogen (secondary N) is 1. The predicted molar refractivity (Wildman–Crippen MR) is 98.1 cm³/mol. The molecule has 0 saturated carbocycles. The van der Waals surface area contributed by atoms with Crippen LogP contribution in [0.5, 0.6) is 17.2 Å². The highest BCUT2D eigenvalue weighted by molar-refractivity contribution is 5.90. The van der Waals surface area contributed by atoms with Gasteiger partial charge >= 0.3 is 0 Å². The lowest BCUT2D eigenvalue weighted by atomic mass is 10.1. The highest BCUT2D eigenvalue weighted by Gasteiger charge is 2.11. The third-order valence-electron chi connectivity index (χ3n) is 3.57. The fraction of sp³-hybridized carbons (Fsp3) is 0.111. The lowest BCUT2D eigenvalue weighted by molar-refractivity contribution is -0.384. The highest BCUT2D eigenvalue weighted by Crippen LogP contribution is 2.35. The van der Waals surface area contributed by atoms with Crippen molar-refractivity contribution in [1.82, 2.24) is 4.98 Å². The summed E-state index contributed by atoms with van der Waals surface area (Å²) in [4.78, 5) is 22.6. The van der Waals surface area contributed by atoms with Crippen LogP contribution in [0.3, 0.4) is 0 Å². The minimum absolute atomic E-state index is 0.0177. The zero-order chi connectivity index (χ0) is 19.1.